The SMILES string of the molecule is CCOc1cc(/C=C2\SC(=S)N(c3cccc([N+](=O)[O-])c3)C2=O)ccc1OC(C)=O. The Labute approximate surface area is 181 Å². The molecule has 1 aliphatic heterocycles. The van der Waals surface area contributed by atoms with Crippen molar-refractivity contribution in [3.05, 3.63) is 63.0 Å². The van der Waals surface area contributed by atoms with Crippen LogP contribution in [0.15, 0.2) is 47.4 Å². The summed E-state index contributed by atoms with van der Waals surface area (Å²) in [5.74, 6) is -0.199. The van der Waals surface area contributed by atoms with Gasteiger partial charge in [-0.3, -0.25) is 24.6 Å². The van der Waals surface area contributed by atoms with Gasteiger partial charge in [0.1, 0.15) is 0 Å². The van der Waals surface area contributed by atoms with Crippen molar-refractivity contribution in [1.82, 2.24) is 0 Å². The maximum atomic E-state index is 12.9. The van der Waals surface area contributed by atoms with Gasteiger partial charge in [-0.2, -0.15) is 0 Å². The highest BCUT2D eigenvalue weighted by Gasteiger charge is 2.34. The molecule has 10 heteroatoms. The molecule has 1 fully saturated rings. The van der Waals surface area contributed by atoms with E-state index < -0.39 is 10.9 Å². The number of hydrogen-bond acceptors (Lipinski definition) is 8. The van der Waals surface area contributed by atoms with Crippen molar-refractivity contribution in [2.45, 2.75) is 13.8 Å². The smallest absolute Gasteiger partial charge is 0.308 e. The van der Waals surface area contributed by atoms with Crippen LogP contribution < -0.4 is 14.4 Å². The Hall–Kier alpha value is -3.24. The third kappa shape index (κ3) is 4.66. The van der Waals surface area contributed by atoms with Crippen LogP contribution >= 0.6 is 24.0 Å². The van der Waals surface area contributed by atoms with Gasteiger partial charge >= 0.3 is 5.97 Å². The molecular formula is C20H16N2O6S2. The number of esters is 1. The number of thioether (sulfide) groups is 1. The highest BCUT2D eigenvalue weighted by Crippen LogP contribution is 2.38. The topological polar surface area (TPSA) is 99.0 Å². The second-order valence-corrected chi connectivity index (χ2v) is 7.70. The summed E-state index contributed by atoms with van der Waals surface area (Å²) in [6, 6.07) is 10.6. The number of nitro groups is 1. The van der Waals surface area contributed by atoms with Gasteiger partial charge in [0.05, 0.1) is 22.1 Å². The van der Waals surface area contributed by atoms with E-state index in [4.69, 9.17) is 21.7 Å². The fourth-order valence-electron chi connectivity index (χ4n) is 2.71. The Kier molecular flexibility index (Phi) is 6.48. The monoisotopic (exact) mass is 444 g/mol. The van der Waals surface area contributed by atoms with Gasteiger partial charge < -0.3 is 9.47 Å². The molecule has 0 spiro atoms. The van der Waals surface area contributed by atoms with Gasteiger partial charge in [0.25, 0.3) is 11.6 Å². The van der Waals surface area contributed by atoms with Crippen LogP contribution in [0.5, 0.6) is 11.5 Å². The quantitative estimate of drug-likeness (QED) is 0.162. The normalized spacial score (nSPS) is 14.9. The van der Waals surface area contributed by atoms with Gasteiger partial charge in [0, 0.05) is 19.1 Å². The van der Waals surface area contributed by atoms with Gasteiger partial charge in [-0.1, -0.05) is 36.1 Å². The number of anilines is 1. The number of nitro benzene ring substituents is 1. The minimum Gasteiger partial charge on any atom is -0.490 e. The average molecular weight is 444 g/mol. The second kappa shape index (κ2) is 9.06. The number of benzene rings is 2. The molecule has 3 rings (SSSR count). The van der Waals surface area contributed by atoms with Crippen LogP contribution in [0.4, 0.5) is 11.4 Å². The number of carbonyl (C=O) groups excluding carboxylic acids is 2. The minimum atomic E-state index is -0.531. The minimum absolute atomic E-state index is 0.132. The summed E-state index contributed by atoms with van der Waals surface area (Å²) in [4.78, 5) is 36.3. The van der Waals surface area contributed by atoms with Gasteiger partial charge in [-0.15, -0.1) is 0 Å². The summed E-state index contributed by atoms with van der Waals surface area (Å²) in [7, 11) is 0. The molecule has 1 heterocycles. The van der Waals surface area contributed by atoms with Crippen LogP contribution in [0.3, 0.4) is 0 Å². The second-order valence-electron chi connectivity index (χ2n) is 6.03. The molecule has 1 amide bonds. The summed E-state index contributed by atoms with van der Waals surface area (Å²) < 4.78 is 10.9. The lowest BCUT2D eigenvalue weighted by Crippen LogP contribution is -2.27. The van der Waals surface area contributed by atoms with Gasteiger partial charge in [0.15, 0.2) is 15.8 Å². The van der Waals surface area contributed by atoms with E-state index in [1.807, 2.05) is 0 Å². The number of thiocarbonyl (C=S) groups is 1. The summed E-state index contributed by atoms with van der Waals surface area (Å²) >= 11 is 6.41. The molecule has 0 radical (unpaired) electrons. The standard InChI is InChI=1S/C20H16N2O6S2/c1-3-27-17-9-13(7-8-16(17)28-12(2)23)10-18-19(24)21(20(29)30-18)14-5-4-6-15(11-14)22(25)26/h4-11H,3H2,1-2H3/b18-10-. The molecule has 2 aromatic rings. The molecule has 0 unspecified atom stereocenters. The molecule has 8 nitrogen and oxygen atoms in total. The predicted octanol–water partition coefficient (Wildman–Crippen LogP) is 4.32. The van der Waals surface area contributed by atoms with E-state index in [9.17, 15) is 19.7 Å². The zero-order valence-electron chi connectivity index (χ0n) is 16.0. The van der Waals surface area contributed by atoms with E-state index in [2.05, 4.69) is 0 Å². The highest BCUT2D eigenvalue weighted by molar-refractivity contribution is 8.27. The lowest BCUT2D eigenvalue weighted by molar-refractivity contribution is -0.384. The Bertz CT molecular complexity index is 1080. The molecule has 0 bridgehead atoms. The van der Waals surface area contributed by atoms with Crippen molar-refractivity contribution >= 4 is 57.6 Å². The molecular weight excluding hydrogens is 428 g/mol. The third-order valence-electron chi connectivity index (χ3n) is 3.91. The van der Waals surface area contributed by atoms with E-state index in [0.717, 1.165) is 11.8 Å². The molecule has 0 aliphatic carbocycles. The summed E-state index contributed by atoms with van der Waals surface area (Å²) in [6.45, 7) is 3.46. The maximum absolute atomic E-state index is 12.9. The van der Waals surface area contributed by atoms with Crippen molar-refractivity contribution in [2.24, 2.45) is 0 Å². The number of ether oxygens (including phenoxy) is 2. The molecule has 1 saturated heterocycles. The van der Waals surface area contributed by atoms with E-state index in [1.54, 1.807) is 37.3 Å². The molecule has 0 atom stereocenters. The zero-order chi connectivity index (χ0) is 21.8. The van der Waals surface area contributed by atoms with Gasteiger partial charge in [-0.25, -0.2) is 0 Å². The van der Waals surface area contributed by atoms with E-state index in [-0.39, 0.29) is 21.7 Å². The van der Waals surface area contributed by atoms with Crippen LogP contribution in [0.1, 0.15) is 19.4 Å². The fraction of sp³-hybridized carbons (Fsp3) is 0.150. The maximum Gasteiger partial charge on any atom is 0.308 e. The molecule has 0 aromatic heterocycles. The third-order valence-corrected chi connectivity index (χ3v) is 5.21. The number of amides is 1. The number of hydrogen-bond donors (Lipinski definition) is 0. The fourth-order valence-corrected chi connectivity index (χ4v) is 4.01. The largest absolute Gasteiger partial charge is 0.490 e. The van der Waals surface area contributed by atoms with Crippen LogP contribution in [-0.4, -0.2) is 27.7 Å². The lowest BCUT2D eigenvalue weighted by atomic mass is 10.1. The average Bonchev–Trinajstić information content (AvgIpc) is 2.97. The van der Waals surface area contributed by atoms with E-state index in [0.29, 0.717) is 28.5 Å². The van der Waals surface area contributed by atoms with Crippen molar-refractivity contribution in [3.8, 4) is 11.5 Å². The first-order valence-corrected chi connectivity index (χ1v) is 10.00. The number of non-ortho nitro benzene ring substituents is 1. The van der Waals surface area contributed by atoms with Crippen molar-refractivity contribution in [3.63, 3.8) is 0 Å². The van der Waals surface area contributed by atoms with Crippen LogP contribution in [0.25, 0.3) is 6.08 Å². The Morgan fingerprint density at radius 2 is 2.03 bits per heavy atom. The summed E-state index contributed by atoms with van der Waals surface area (Å²) in [5.41, 5.74) is 0.845. The molecule has 0 saturated carbocycles. The molecule has 0 N–H and O–H groups in total. The Morgan fingerprint density at radius 1 is 1.27 bits per heavy atom. The molecule has 1 aliphatic rings. The molecule has 30 heavy (non-hydrogen) atoms. The number of nitrogens with zero attached hydrogens (tertiary/aromatic N) is 2. The summed E-state index contributed by atoms with van der Waals surface area (Å²) in [6.07, 6.45) is 1.64. The first kappa shape index (κ1) is 21.5. The number of rotatable bonds is 6. The highest BCUT2D eigenvalue weighted by atomic mass is 32.2. The zero-order valence-corrected chi connectivity index (χ0v) is 17.6. The summed E-state index contributed by atoms with van der Waals surface area (Å²) in [5, 5.41) is 11.0. The van der Waals surface area contributed by atoms with Crippen LogP contribution in [0, 0.1) is 10.1 Å². The Morgan fingerprint density at radius 3 is 2.70 bits per heavy atom. The van der Waals surface area contributed by atoms with E-state index in [1.165, 1.54) is 30.0 Å². The van der Waals surface area contributed by atoms with E-state index >= 15 is 0 Å². The van der Waals surface area contributed by atoms with Crippen molar-refractivity contribution in [1.29, 1.82) is 0 Å². The molecule has 154 valence electrons. The number of carbonyl (C=O) groups is 2. The van der Waals surface area contributed by atoms with Crippen molar-refractivity contribution in [2.75, 3.05) is 11.5 Å². The van der Waals surface area contributed by atoms with Crippen LogP contribution in [-0.2, 0) is 9.59 Å². The van der Waals surface area contributed by atoms with Gasteiger partial charge in [-0.05, 0) is 36.8 Å². The predicted molar refractivity (Wildman–Crippen MR) is 118 cm³/mol. The molecule has 2 aromatic carbocycles. The van der Waals surface area contributed by atoms with Crippen LogP contribution in [0.2, 0.25) is 0 Å². The van der Waals surface area contributed by atoms with Crippen molar-refractivity contribution < 1.29 is 24.0 Å². The lowest BCUT2D eigenvalue weighted by Gasteiger charge is -2.14. The first-order valence-electron chi connectivity index (χ1n) is 8.78. The van der Waals surface area contributed by atoms with Gasteiger partial charge in [0.2, 0.25) is 0 Å². The Balaban J connectivity index is 1.92. The first-order chi connectivity index (χ1) is 14.3.